The van der Waals surface area contributed by atoms with Crippen molar-refractivity contribution in [2.45, 2.75) is 17.7 Å². The predicted molar refractivity (Wildman–Crippen MR) is 93.6 cm³/mol. The molecule has 24 heavy (non-hydrogen) atoms. The zero-order valence-corrected chi connectivity index (χ0v) is 14.8. The molecule has 0 saturated carbocycles. The minimum absolute atomic E-state index is 0.280. The van der Waals surface area contributed by atoms with Crippen LogP contribution in [-0.4, -0.2) is 27.7 Å². The van der Waals surface area contributed by atoms with Crippen LogP contribution in [0.25, 0.3) is 16.2 Å². The number of hydrogen-bond acceptors (Lipinski definition) is 5. The summed E-state index contributed by atoms with van der Waals surface area (Å²) in [5, 5.41) is 11.5. The number of alkyl halides is 2. The van der Waals surface area contributed by atoms with E-state index in [1.807, 2.05) is 16.7 Å². The van der Waals surface area contributed by atoms with E-state index in [1.54, 1.807) is 6.07 Å². The average Bonchev–Trinajstić information content (AvgIpc) is 3.07. The number of aromatic nitrogens is 3. The predicted octanol–water partition coefficient (Wildman–Crippen LogP) is 4.10. The van der Waals surface area contributed by atoms with Gasteiger partial charge in [0.2, 0.25) is 0 Å². The molecule has 1 aliphatic rings. The standard InChI is InChI=1S/C15H13ClF2N4S2/c16-10-3-9(23)6-22-11(14-20-21-15(24-14)13(17)18)2-8(12(10)22)1-7-4-19-5-7/h2-3,6-7,13,19,23H,1,4-5H2. The summed E-state index contributed by atoms with van der Waals surface area (Å²) in [6, 6.07) is 3.76. The molecule has 9 heteroatoms. The molecule has 1 saturated heterocycles. The van der Waals surface area contributed by atoms with Gasteiger partial charge in [-0.3, -0.25) is 0 Å². The van der Waals surface area contributed by atoms with Crippen LogP contribution in [0.2, 0.25) is 5.02 Å². The lowest BCUT2D eigenvalue weighted by atomic mass is 9.95. The van der Waals surface area contributed by atoms with E-state index < -0.39 is 6.43 Å². The second-order valence-electron chi connectivity index (χ2n) is 5.79. The van der Waals surface area contributed by atoms with Crippen LogP contribution in [0.15, 0.2) is 23.2 Å². The molecule has 0 spiro atoms. The second kappa shape index (κ2) is 6.25. The molecule has 0 amide bonds. The summed E-state index contributed by atoms with van der Waals surface area (Å²) in [5.74, 6) is 0.557. The fourth-order valence-corrected chi connectivity index (χ4v) is 4.26. The van der Waals surface area contributed by atoms with Crippen LogP contribution < -0.4 is 5.32 Å². The van der Waals surface area contributed by atoms with Crippen molar-refractivity contribution in [3.63, 3.8) is 0 Å². The van der Waals surface area contributed by atoms with Gasteiger partial charge < -0.3 is 9.72 Å². The van der Waals surface area contributed by atoms with E-state index in [0.717, 1.165) is 47.6 Å². The molecular weight excluding hydrogens is 374 g/mol. The molecule has 4 nitrogen and oxygen atoms in total. The van der Waals surface area contributed by atoms with Gasteiger partial charge in [0.25, 0.3) is 6.43 Å². The molecule has 0 radical (unpaired) electrons. The van der Waals surface area contributed by atoms with E-state index in [4.69, 9.17) is 11.6 Å². The number of thiol groups is 1. The van der Waals surface area contributed by atoms with Crippen molar-refractivity contribution in [2.75, 3.05) is 13.1 Å². The maximum Gasteiger partial charge on any atom is 0.291 e. The average molecular weight is 387 g/mol. The number of nitrogens with one attached hydrogen (secondary N) is 1. The molecule has 0 aliphatic carbocycles. The van der Waals surface area contributed by atoms with E-state index >= 15 is 0 Å². The van der Waals surface area contributed by atoms with Gasteiger partial charge in [0.15, 0.2) is 10.0 Å². The Hall–Kier alpha value is -1.22. The van der Waals surface area contributed by atoms with Crippen LogP contribution in [0.3, 0.4) is 0 Å². The van der Waals surface area contributed by atoms with Crippen LogP contribution >= 0.6 is 35.6 Å². The van der Waals surface area contributed by atoms with Crippen LogP contribution in [0.5, 0.6) is 0 Å². The fourth-order valence-electron chi connectivity index (χ4n) is 2.90. The Morgan fingerprint density at radius 2 is 2.17 bits per heavy atom. The van der Waals surface area contributed by atoms with Crippen molar-refractivity contribution in [2.24, 2.45) is 5.92 Å². The van der Waals surface area contributed by atoms with Crippen LogP contribution in [-0.2, 0) is 6.42 Å². The molecule has 3 aromatic heterocycles. The van der Waals surface area contributed by atoms with E-state index in [2.05, 4.69) is 28.1 Å². The maximum atomic E-state index is 12.8. The van der Waals surface area contributed by atoms with E-state index in [-0.39, 0.29) is 5.01 Å². The van der Waals surface area contributed by atoms with Gasteiger partial charge in [-0.15, -0.1) is 22.8 Å². The first-order valence-electron chi connectivity index (χ1n) is 7.38. The number of pyridine rings is 1. The quantitative estimate of drug-likeness (QED) is 0.663. The molecule has 0 unspecified atom stereocenters. The molecule has 126 valence electrons. The molecule has 1 N–H and O–H groups in total. The van der Waals surface area contributed by atoms with Crippen molar-refractivity contribution >= 4 is 41.1 Å². The molecule has 1 fully saturated rings. The normalized spacial score (nSPS) is 15.4. The van der Waals surface area contributed by atoms with Gasteiger partial charge in [-0.2, -0.15) is 0 Å². The first-order chi connectivity index (χ1) is 11.5. The van der Waals surface area contributed by atoms with Crippen molar-refractivity contribution in [1.82, 2.24) is 19.9 Å². The van der Waals surface area contributed by atoms with E-state index in [9.17, 15) is 8.78 Å². The van der Waals surface area contributed by atoms with Crippen molar-refractivity contribution in [3.8, 4) is 10.7 Å². The minimum Gasteiger partial charge on any atom is -0.316 e. The third-order valence-electron chi connectivity index (χ3n) is 4.10. The Balaban J connectivity index is 1.87. The van der Waals surface area contributed by atoms with Crippen molar-refractivity contribution in [3.05, 3.63) is 33.9 Å². The molecule has 4 rings (SSSR count). The lowest BCUT2D eigenvalue weighted by molar-refractivity contribution is 0.150. The van der Waals surface area contributed by atoms with E-state index in [0.29, 0.717) is 20.8 Å². The van der Waals surface area contributed by atoms with Crippen LogP contribution in [0, 0.1) is 5.92 Å². The van der Waals surface area contributed by atoms with Crippen LogP contribution in [0.1, 0.15) is 17.0 Å². The van der Waals surface area contributed by atoms with Gasteiger partial charge in [0.05, 0.1) is 16.2 Å². The number of hydrogen-bond donors (Lipinski definition) is 2. The Bertz CT molecular complexity index is 904. The summed E-state index contributed by atoms with van der Waals surface area (Å²) < 4.78 is 27.5. The Morgan fingerprint density at radius 3 is 2.79 bits per heavy atom. The topological polar surface area (TPSA) is 42.2 Å². The monoisotopic (exact) mass is 386 g/mol. The third-order valence-corrected chi connectivity index (χ3v) is 5.58. The molecule has 3 aromatic rings. The SMILES string of the molecule is FC(F)c1nnc(-c2cc(CC3CNC3)c3c(Cl)cc(S)cn23)s1. The van der Waals surface area contributed by atoms with Gasteiger partial charge in [-0.25, -0.2) is 8.78 Å². The van der Waals surface area contributed by atoms with Gasteiger partial charge in [0, 0.05) is 11.1 Å². The number of fused-ring (bicyclic) bond motifs is 1. The van der Waals surface area contributed by atoms with Gasteiger partial charge >= 0.3 is 0 Å². The molecule has 0 atom stereocenters. The van der Waals surface area contributed by atoms with Crippen molar-refractivity contribution in [1.29, 1.82) is 0 Å². The smallest absolute Gasteiger partial charge is 0.291 e. The van der Waals surface area contributed by atoms with Gasteiger partial charge in [-0.1, -0.05) is 22.9 Å². The highest BCUT2D eigenvalue weighted by Gasteiger charge is 2.23. The number of halogens is 3. The summed E-state index contributed by atoms with van der Waals surface area (Å²) in [5.41, 5.74) is 2.68. The second-order valence-corrected chi connectivity index (χ2v) is 7.73. The molecular formula is C15H13ClF2N4S2. The molecule has 1 aliphatic heterocycles. The number of rotatable bonds is 4. The summed E-state index contributed by atoms with van der Waals surface area (Å²) in [6.45, 7) is 1.95. The van der Waals surface area contributed by atoms with Crippen molar-refractivity contribution < 1.29 is 8.78 Å². The third kappa shape index (κ3) is 2.81. The highest BCUT2D eigenvalue weighted by Crippen LogP contribution is 2.36. The number of nitrogens with zero attached hydrogens (tertiary/aromatic N) is 3. The zero-order valence-electron chi connectivity index (χ0n) is 12.3. The largest absolute Gasteiger partial charge is 0.316 e. The van der Waals surface area contributed by atoms with Gasteiger partial charge in [-0.05, 0) is 43.1 Å². The lowest BCUT2D eigenvalue weighted by Gasteiger charge is -2.26. The van der Waals surface area contributed by atoms with Crippen LogP contribution in [0.4, 0.5) is 8.78 Å². The Kier molecular flexibility index (Phi) is 4.24. The zero-order chi connectivity index (χ0) is 16.8. The Labute approximate surface area is 151 Å². The minimum atomic E-state index is -2.62. The highest BCUT2D eigenvalue weighted by atomic mass is 35.5. The summed E-state index contributed by atoms with van der Waals surface area (Å²) >= 11 is 11.7. The molecule has 4 heterocycles. The maximum absolute atomic E-state index is 12.8. The molecule has 0 bridgehead atoms. The first kappa shape index (κ1) is 16.3. The lowest BCUT2D eigenvalue weighted by Crippen LogP contribution is -2.43. The van der Waals surface area contributed by atoms with E-state index in [1.165, 1.54) is 0 Å². The fraction of sp³-hybridized carbons (Fsp3) is 0.333. The molecule has 0 aromatic carbocycles. The highest BCUT2D eigenvalue weighted by molar-refractivity contribution is 7.80. The summed E-state index contributed by atoms with van der Waals surface area (Å²) in [6.07, 6.45) is 0.0842. The summed E-state index contributed by atoms with van der Waals surface area (Å²) in [7, 11) is 0. The Morgan fingerprint density at radius 1 is 1.38 bits per heavy atom. The summed E-state index contributed by atoms with van der Waals surface area (Å²) in [4.78, 5) is 0.694. The van der Waals surface area contributed by atoms with Gasteiger partial charge in [0.1, 0.15) is 0 Å². The first-order valence-corrected chi connectivity index (χ1v) is 9.02.